The standard InChI is InChI=1S/C24H30F3N3O4/c25-24(26,27)34-18-4-2-1-3-15(18)12-30-5-6-33-19(13-30)21(31)29-20-16-7-14-8-17(20)11-23(9-14,10-16)22(28)32/h1-4,14,16-17,19-20H,5-13H2,(H2,28,32)(H,29,31)/t14?,16?,17?,19-,20?,23?/m1/s1. The molecule has 0 aromatic heterocycles. The fraction of sp³-hybridized carbons (Fsp3) is 0.667. The van der Waals surface area contributed by atoms with Crippen molar-refractivity contribution in [1.82, 2.24) is 10.2 Å². The fourth-order valence-corrected chi connectivity index (χ4v) is 6.92. The van der Waals surface area contributed by atoms with Gasteiger partial charge >= 0.3 is 6.36 Å². The molecular formula is C24H30F3N3O4. The number of rotatable bonds is 6. The Morgan fingerprint density at radius 2 is 1.88 bits per heavy atom. The van der Waals surface area contributed by atoms with Gasteiger partial charge in [-0.1, -0.05) is 18.2 Å². The van der Waals surface area contributed by atoms with E-state index in [0.29, 0.717) is 24.6 Å². The van der Waals surface area contributed by atoms with E-state index in [0.717, 1.165) is 32.1 Å². The highest BCUT2D eigenvalue weighted by molar-refractivity contribution is 5.83. The van der Waals surface area contributed by atoms with Crippen LogP contribution in [-0.2, 0) is 20.9 Å². The molecule has 0 spiro atoms. The first kappa shape index (κ1) is 23.4. The Morgan fingerprint density at radius 3 is 2.56 bits per heavy atom. The fourth-order valence-electron chi connectivity index (χ4n) is 6.92. The summed E-state index contributed by atoms with van der Waals surface area (Å²) >= 11 is 0. The molecule has 34 heavy (non-hydrogen) atoms. The van der Waals surface area contributed by atoms with Crippen molar-refractivity contribution in [2.24, 2.45) is 28.9 Å². The van der Waals surface area contributed by atoms with Crippen molar-refractivity contribution in [2.75, 3.05) is 19.7 Å². The number of nitrogens with one attached hydrogen (secondary N) is 1. The van der Waals surface area contributed by atoms with Crippen LogP contribution in [0, 0.1) is 23.2 Å². The molecule has 1 aliphatic heterocycles. The number of amides is 2. The van der Waals surface area contributed by atoms with Gasteiger partial charge in [0.1, 0.15) is 11.9 Å². The second kappa shape index (κ2) is 8.71. The molecular weight excluding hydrogens is 451 g/mol. The average Bonchev–Trinajstić information content (AvgIpc) is 2.76. The Labute approximate surface area is 196 Å². The van der Waals surface area contributed by atoms with Gasteiger partial charge in [-0.3, -0.25) is 14.5 Å². The zero-order chi connectivity index (χ0) is 24.1. The Kier molecular flexibility index (Phi) is 6.00. The highest BCUT2D eigenvalue weighted by Crippen LogP contribution is 2.59. The van der Waals surface area contributed by atoms with Crippen molar-refractivity contribution >= 4 is 11.8 Å². The average molecular weight is 482 g/mol. The van der Waals surface area contributed by atoms with Gasteiger partial charge in [-0.05, 0) is 55.9 Å². The summed E-state index contributed by atoms with van der Waals surface area (Å²) in [7, 11) is 0. The molecule has 2 unspecified atom stereocenters. The number of carbonyl (C=O) groups excluding carboxylic acids is 2. The van der Waals surface area contributed by atoms with E-state index < -0.39 is 17.9 Å². The molecule has 3 N–H and O–H groups in total. The molecule has 1 saturated heterocycles. The van der Waals surface area contributed by atoms with Crippen LogP contribution in [0.25, 0.3) is 0 Å². The Balaban J connectivity index is 1.21. The largest absolute Gasteiger partial charge is 0.573 e. The lowest BCUT2D eigenvalue weighted by Gasteiger charge is -2.59. The van der Waals surface area contributed by atoms with Crippen molar-refractivity contribution in [2.45, 2.75) is 57.2 Å². The van der Waals surface area contributed by atoms with Crippen LogP contribution in [0.3, 0.4) is 0 Å². The Morgan fingerprint density at radius 1 is 1.18 bits per heavy atom. The second-order valence-corrected chi connectivity index (χ2v) is 10.4. The Bertz CT molecular complexity index is 940. The molecule has 4 saturated carbocycles. The van der Waals surface area contributed by atoms with Gasteiger partial charge in [-0.15, -0.1) is 13.2 Å². The maximum absolute atomic E-state index is 13.1. The van der Waals surface area contributed by atoms with E-state index in [-0.39, 0.29) is 48.5 Å². The minimum absolute atomic E-state index is 0.0106. The molecule has 0 radical (unpaired) electrons. The van der Waals surface area contributed by atoms with Crippen molar-refractivity contribution in [3.8, 4) is 5.75 Å². The number of halogens is 3. The number of carbonyl (C=O) groups is 2. The number of morpholine rings is 1. The quantitative estimate of drug-likeness (QED) is 0.652. The first-order chi connectivity index (χ1) is 16.1. The minimum Gasteiger partial charge on any atom is -0.405 e. The Hall–Kier alpha value is -2.33. The van der Waals surface area contributed by atoms with Crippen LogP contribution >= 0.6 is 0 Å². The SMILES string of the molecule is NC(=O)C12CC3CC(C1)C(NC(=O)[C@H]1CN(Cc4ccccc4OC(F)(F)F)CCO1)C(C3)C2. The van der Waals surface area contributed by atoms with Gasteiger partial charge in [0.05, 0.1) is 6.61 Å². The molecule has 186 valence electrons. The van der Waals surface area contributed by atoms with Crippen molar-refractivity contribution in [1.29, 1.82) is 0 Å². The number of hydrogen-bond acceptors (Lipinski definition) is 5. The third kappa shape index (κ3) is 4.62. The van der Waals surface area contributed by atoms with Gasteiger partial charge in [0.2, 0.25) is 5.91 Å². The third-order valence-electron chi connectivity index (χ3n) is 8.14. The van der Waals surface area contributed by atoms with Crippen LogP contribution in [0.15, 0.2) is 24.3 Å². The van der Waals surface area contributed by atoms with Crippen LogP contribution in [-0.4, -0.2) is 54.9 Å². The van der Waals surface area contributed by atoms with E-state index in [2.05, 4.69) is 10.1 Å². The second-order valence-electron chi connectivity index (χ2n) is 10.4. The molecule has 2 amide bonds. The summed E-state index contributed by atoms with van der Waals surface area (Å²) in [6, 6.07) is 6.05. The van der Waals surface area contributed by atoms with Gasteiger partial charge < -0.3 is 20.5 Å². The van der Waals surface area contributed by atoms with E-state index in [4.69, 9.17) is 10.5 Å². The van der Waals surface area contributed by atoms with Crippen LogP contribution in [0.1, 0.15) is 37.7 Å². The van der Waals surface area contributed by atoms with E-state index in [1.54, 1.807) is 12.1 Å². The van der Waals surface area contributed by atoms with Crippen molar-refractivity contribution < 1.29 is 32.2 Å². The number of nitrogens with two attached hydrogens (primary N) is 1. The normalized spacial score (nSPS) is 35.2. The lowest BCUT2D eigenvalue weighted by atomic mass is 9.47. The van der Waals surface area contributed by atoms with Crippen molar-refractivity contribution in [3.63, 3.8) is 0 Å². The molecule has 3 atom stereocenters. The molecule has 1 aromatic carbocycles. The molecule has 6 rings (SSSR count). The first-order valence-electron chi connectivity index (χ1n) is 11.9. The lowest BCUT2D eigenvalue weighted by molar-refractivity contribution is -0.275. The molecule has 1 heterocycles. The zero-order valence-electron chi connectivity index (χ0n) is 18.9. The topological polar surface area (TPSA) is 93.9 Å². The molecule has 1 aromatic rings. The number of benzene rings is 1. The molecule has 5 aliphatic rings. The molecule has 5 fully saturated rings. The van der Waals surface area contributed by atoms with Crippen LogP contribution in [0.2, 0.25) is 0 Å². The molecule has 4 aliphatic carbocycles. The summed E-state index contributed by atoms with van der Waals surface area (Å²) in [4.78, 5) is 27.2. The van der Waals surface area contributed by atoms with E-state index in [1.165, 1.54) is 12.1 Å². The predicted molar refractivity (Wildman–Crippen MR) is 115 cm³/mol. The van der Waals surface area contributed by atoms with Gasteiger partial charge in [0.15, 0.2) is 0 Å². The number of hydrogen-bond donors (Lipinski definition) is 2. The van der Waals surface area contributed by atoms with Gasteiger partial charge in [0, 0.05) is 36.7 Å². The number of alkyl halides is 3. The van der Waals surface area contributed by atoms with Gasteiger partial charge in [-0.2, -0.15) is 0 Å². The molecule has 4 bridgehead atoms. The summed E-state index contributed by atoms with van der Waals surface area (Å²) in [5.41, 5.74) is 5.74. The number of ether oxygens (including phenoxy) is 2. The van der Waals surface area contributed by atoms with Gasteiger partial charge in [-0.25, -0.2) is 0 Å². The third-order valence-corrected chi connectivity index (χ3v) is 8.14. The van der Waals surface area contributed by atoms with Crippen molar-refractivity contribution in [3.05, 3.63) is 29.8 Å². The van der Waals surface area contributed by atoms with E-state index >= 15 is 0 Å². The number of primary amides is 1. The van der Waals surface area contributed by atoms with Crippen LogP contribution in [0.4, 0.5) is 13.2 Å². The highest BCUT2D eigenvalue weighted by Gasteiger charge is 2.58. The van der Waals surface area contributed by atoms with Gasteiger partial charge in [0.25, 0.3) is 5.91 Å². The molecule has 10 heteroatoms. The predicted octanol–water partition coefficient (Wildman–Crippen LogP) is 2.58. The van der Waals surface area contributed by atoms with E-state index in [9.17, 15) is 22.8 Å². The van der Waals surface area contributed by atoms with E-state index in [1.807, 2.05) is 4.90 Å². The molecule has 7 nitrogen and oxygen atoms in total. The number of nitrogens with zero attached hydrogens (tertiary/aromatic N) is 1. The highest BCUT2D eigenvalue weighted by atomic mass is 19.4. The summed E-state index contributed by atoms with van der Waals surface area (Å²) in [6.45, 7) is 1.31. The minimum atomic E-state index is -4.77. The zero-order valence-corrected chi connectivity index (χ0v) is 18.9. The summed E-state index contributed by atoms with van der Waals surface area (Å²) in [6.07, 6.45) is -1.13. The summed E-state index contributed by atoms with van der Waals surface area (Å²) in [5, 5.41) is 3.20. The first-order valence-corrected chi connectivity index (χ1v) is 11.9. The maximum atomic E-state index is 13.1. The number of para-hydroxylation sites is 1. The summed E-state index contributed by atoms with van der Waals surface area (Å²) in [5.74, 6) is 0.341. The smallest absolute Gasteiger partial charge is 0.405 e. The van der Waals surface area contributed by atoms with Crippen LogP contribution in [0.5, 0.6) is 5.75 Å². The van der Waals surface area contributed by atoms with Crippen LogP contribution < -0.4 is 15.8 Å². The monoisotopic (exact) mass is 481 g/mol. The maximum Gasteiger partial charge on any atom is 0.573 e. The summed E-state index contributed by atoms with van der Waals surface area (Å²) < 4.78 is 48.1. The lowest BCUT2D eigenvalue weighted by Crippen LogP contribution is -2.63.